The topological polar surface area (TPSA) is 207 Å². The number of hydrogen-bond donors (Lipinski definition) is 8. The number of aliphatic hydroxyl groups excluding tert-OH is 6. The molecule has 29 heavy (non-hydrogen) atoms. The van der Waals surface area contributed by atoms with Gasteiger partial charge in [-0.25, -0.2) is 0 Å². The van der Waals surface area contributed by atoms with E-state index in [1.165, 1.54) is 13.8 Å². The van der Waals surface area contributed by atoms with Gasteiger partial charge in [-0.15, -0.1) is 0 Å². The lowest BCUT2D eigenvalue weighted by molar-refractivity contribution is -0.331. The third kappa shape index (κ3) is 5.39. The van der Waals surface area contributed by atoms with E-state index in [0.29, 0.717) is 0 Å². The minimum Gasteiger partial charge on any atom is -0.394 e. The summed E-state index contributed by atoms with van der Waals surface area (Å²) in [5.74, 6) is -1.10. The van der Waals surface area contributed by atoms with E-state index >= 15 is 0 Å². The Balaban J connectivity index is 2.34. The lowest BCUT2D eigenvalue weighted by Crippen LogP contribution is -2.70. The Labute approximate surface area is 166 Å². The molecule has 2 aliphatic rings. The number of carbonyl (C=O) groups is 2. The first kappa shape index (κ1) is 23.9. The van der Waals surface area contributed by atoms with Gasteiger partial charge < -0.3 is 55.5 Å². The van der Waals surface area contributed by atoms with Gasteiger partial charge in [-0.05, 0) is 0 Å². The van der Waals surface area contributed by atoms with Crippen LogP contribution in [0.1, 0.15) is 13.8 Å². The van der Waals surface area contributed by atoms with E-state index < -0.39 is 86.3 Å². The second-order valence-electron chi connectivity index (χ2n) is 7.00. The standard InChI is InChI=1S/C16H28N2O11/c1-5(21)17-9-7(3-19)27-15(26)10(18-6(2)22)14(9)29-16-13(25)12(24)11(23)8(4-20)28-16/h7-16,19-20,23-26H,3-4H2,1-2H3,(H,17,21)(H,18,22)/t7-,8-,9-,10+,11+,12+,13-,14+,15-,16-/m1/s1. The molecule has 2 amide bonds. The fraction of sp³-hybridized carbons (Fsp3) is 0.875. The molecule has 0 radical (unpaired) electrons. The number of ether oxygens (including phenoxy) is 3. The molecule has 8 N–H and O–H groups in total. The molecule has 13 heteroatoms. The summed E-state index contributed by atoms with van der Waals surface area (Å²) in [5, 5.41) is 64.1. The van der Waals surface area contributed by atoms with E-state index in [4.69, 9.17) is 14.2 Å². The molecule has 2 saturated heterocycles. The molecule has 0 aromatic carbocycles. The van der Waals surface area contributed by atoms with Gasteiger partial charge in [0.25, 0.3) is 0 Å². The lowest BCUT2D eigenvalue weighted by atomic mass is 9.93. The molecule has 0 aromatic heterocycles. The summed E-state index contributed by atoms with van der Waals surface area (Å²) >= 11 is 0. The van der Waals surface area contributed by atoms with Crippen molar-refractivity contribution in [3.63, 3.8) is 0 Å². The highest BCUT2D eigenvalue weighted by atomic mass is 16.7. The van der Waals surface area contributed by atoms with E-state index in [0.717, 1.165) is 0 Å². The molecule has 0 unspecified atom stereocenters. The predicted molar refractivity (Wildman–Crippen MR) is 91.8 cm³/mol. The summed E-state index contributed by atoms with van der Waals surface area (Å²) in [6, 6.07) is -2.34. The Morgan fingerprint density at radius 2 is 1.38 bits per heavy atom. The van der Waals surface area contributed by atoms with Crippen molar-refractivity contribution in [1.29, 1.82) is 0 Å². The summed E-state index contributed by atoms with van der Waals surface area (Å²) in [7, 11) is 0. The lowest BCUT2D eigenvalue weighted by Gasteiger charge is -2.48. The molecule has 0 aromatic rings. The summed E-state index contributed by atoms with van der Waals surface area (Å²) in [6.45, 7) is 1.05. The van der Waals surface area contributed by atoms with Crippen LogP contribution in [0.4, 0.5) is 0 Å². The van der Waals surface area contributed by atoms with E-state index in [-0.39, 0.29) is 0 Å². The largest absolute Gasteiger partial charge is 0.394 e. The Bertz CT molecular complexity index is 577. The minimum atomic E-state index is -1.75. The average Bonchev–Trinajstić information content (AvgIpc) is 2.65. The van der Waals surface area contributed by atoms with Crippen molar-refractivity contribution < 1.29 is 54.4 Å². The molecular formula is C16H28N2O11. The zero-order valence-electron chi connectivity index (χ0n) is 15.9. The van der Waals surface area contributed by atoms with E-state index in [2.05, 4.69) is 10.6 Å². The van der Waals surface area contributed by atoms with Crippen molar-refractivity contribution in [1.82, 2.24) is 10.6 Å². The monoisotopic (exact) mass is 424 g/mol. The first-order valence-corrected chi connectivity index (χ1v) is 9.05. The minimum absolute atomic E-state index is 0.530. The van der Waals surface area contributed by atoms with Gasteiger partial charge in [0.05, 0.1) is 19.3 Å². The highest BCUT2D eigenvalue weighted by molar-refractivity contribution is 5.74. The Morgan fingerprint density at radius 3 is 1.90 bits per heavy atom. The summed E-state index contributed by atoms with van der Waals surface area (Å²) in [5.41, 5.74) is 0. The van der Waals surface area contributed by atoms with Crippen LogP contribution in [0.15, 0.2) is 0 Å². The van der Waals surface area contributed by atoms with Crippen LogP contribution in [0.2, 0.25) is 0 Å². The van der Waals surface area contributed by atoms with Gasteiger partial charge in [0.1, 0.15) is 42.7 Å². The zero-order valence-corrected chi connectivity index (χ0v) is 15.9. The predicted octanol–water partition coefficient (Wildman–Crippen LogP) is -5.11. The van der Waals surface area contributed by atoms with Crippen molar-refractivity contribution >= 4 is 11.8 Å². The van der Waals surface area contributed by atoms with Gasteiger partial charge in [-0.3, -0.25) is 9.59 Å². The van der Waals surface area contributed by atoms with Crippen LogP contribution >= 0.6 is 0 Å². The SMILES string of the molecule is CC(=O)N[C@H]1[C@@H](O[C@H]2O[C@H](CO)[C@H](O)[C@H](O)[C@H]2O)[C@H](NC(C)=O)[C@@H](CO)O[C@H]1O. The first-order chi connectivity index (χ1) is 13.6. The second-order valence-corrected chi connectivity index (χ2v) is 7.00. The van der Waals surface area contributed by atoms with Crippen LogP contribution < -0.4 is 10.6 Å². The van der Waals surface area contributed by atoms with Crippen LogP contribution in [-0.4, -0.2) is 117 Å². The third-order valence-electron chi connectivity index (χ3n) is 4.79. The Hall–Kier alpha value is -1.42. The van der Waals surface area contributed by atoms with Crippen LogP contribution in [-0.2, 0) is 23.8 Å². The van der Waals surface area contributed by atoms with Crippen LogP contribution in [0, 0.1) is 0 Å². The molecule has 13 nitrogen and oxygen atoms in total. The van der Waals surface area contributed by atoms with Gasteiger partial charge in [0.2, 0.25) is 11.8 Å². The molecule has 2 heterocycles. The van der Waals surface area contributed by atoms with Crippen molar-refractivity contribution in [2.45, 2.75) is 75.1 Å². The maximum Gasteiger partial charge on any atom is 0.217 e. The van der Waals surface area contributed by atoms with Crippen LogP contribution in [0.5, 0.6) is 0 Å². The molecular weight excluding hydrogens is 396 g/mol. The van der Waals surface area contributed by atoms with Gasteiger partial charge in [-0.1, -0.05) is 0 Å². The Kier molecular flexibility index (Phi) is 8.28. The molecule has 0 saturated carbocycles. The number of carbonyl (C=O) groups excluding carboxylic acids is 2. The van der Waals surface area contributed by atoms with Crippen molar-refractivity contribution in [2.24, 2.45) is 0 Å². The van der Waals surface area contributed by atoms with Gasteiger partial charge in [0.15, 0.2) is 12.6 Å². The third-order valence-corrected chi connectivity index (χ3v) is 4.79. The highest BCUT2D eigenvalue weighted by Gasteiger charge is 2.51. The summed E-state index contributed by atoms with van der Waals surface area (Å²) < 4.78 is 16.2. The summed E-state index contributed by atoms with van der Waals surface area (Å²) in [4.78, 5) is 23.2. The fourth-order valence-electron chi connectivity index (χ4n) is 3.40. The fourth-order valence-corrected chi connectivity index (χ4v) is 3.40. The number of hydrogen-bond acceptors (Lipinski definition) is 11. The maximum atomic E-state index is 11.6. The zero-order chi connectivity index (χ0) is 21.9. The van der Waals surface area contributed by atoms with Gasteiger partial charge in [-0.2, -0.15) is 0 Å². The second kappa shape index (κ2) is 10.1. The molecule has 2 fully saturated rings. The number of aliphatic hydroxyl groups is 6. The highest BCUT2D eigenvalue weighted by Crippen LogP contribution is 2.28. The molecule has 0 bridgehead atoms. The molecule has 0 spiro atoms. The quantitative estimate of drug-likeness (QED) is 0.202. The molecule has 0 aliphatic carbocycles. The van der Waals surface area contributed by atoms with Crippen LogP contribution in [0.25, 0.3) is 0 Å². The van der Waals surface area contributed by atoms with Crippen LogP contribution in [0.3, 0.4) is 0 Å². The van der Waals surface area contributed by atoms with Gasteiger partial charge in [0, 0.05) is 13.8 Å². The molecule has 2 aliphatic heterocycles. The van der Waals surface area contributed by atoms with Crippen molar-refractivity contribution in [3.05, 3.63) is 0 Å². The first-order valence-electron chi connectivity index (χ1n) is 9.05. The smallest absolute Gasteiger partial charge is 0.217 e. The van der Waals surface area contributed by atoms with E-state index in [1.807, 2.05) is 0 Å². The van der Waals surface area contributed by atoms with E-state index in [9.17, 15) is 40.2 Å². The molecule has 10 atom stereocenters. The van der Waals surface area contributed by atoms with E-state index in [1.54, 1.807) is 0 Å². The van der Waals surface area contributed by atoms with Gasteiger partial charge >= 0.3 is 0 Å². The summed E-state index contributed by atoms with van der Waals surface area (Å²) in [6.07, 6.45) is -12.0. The number of amides is 2. The maximum absolute atomic E-state index is 11.6. The van der Waals surface area contributed by atoms with Crippen molar-refractivity contribution in [3.8, 4) is 0 Å². The number of nitrogens with one attached hydrogen (secondary N) is 2. The number of rotatable bonds is 6. The Morgan fingerprint density at radius 1 is 0.828 bits per heavy atom. The molecule has 168 valence electrons. The van der Waals surface area contributed by atoms with Crippen molar-refractivity contribution in [2.75, 3.05) is 13.2 Å². The normalized spacial score (nSPS) is 42.9. The average molecular weight is 424 g/mol. The molecule has 2 rings (SSSR count).